The van der Waals surface area contributed by atoms with Gasteiger partial charge in [0.05, 0.1) is 11.8 Å². The molecule has 1 amide bonds. The van der Waals surface area contributed by atoms with Gasteiger partial charge in [-0.05, 0) is 20.8 Å². The van der Waals surface area contributed by atoms with Crippen molar-refractivity contribution >= 4 is 11.9 Å². The lowest BCUT2D eigenvalue weighted by Crippen LogP contribution is -2.48. The Balaban J connectivity index is 2.99. The van der Waals surface area contributed by atoms with E-state index in [2.05, 4.69) is 5.10 Å². The van der Waals surface area contributed by atoms with Gasteiger partial charge in [-0.3, -0.25) is 14.3 Å². The molecule has 0 aliphatic carbocycles. The normalized spacial score (nSPS) is 11.3. The van der Waals surface area contributed by atoms with Gasteiger partial charge in [-0.2, -0.15) is 5.10 Å². The smallest absolute Gasteiger partial charge is 0.323 e. The second kappa shape index (κ2) is 4.57. The number of hydrogen-bond donors (Lipinski definition) is 1. The molecule has 94 valence electrons. The van der Waals surface area contributed by atoms with E-state index in [1.165, 1.54) is 15.8 Å². The van der Waals surface area contributed by atoms with Crippen LogP contribution in [0.3, 0.4) is 0 Å². The molecule has 1 aromatic rings. The van der Waals surface area contributed by atoms with E-state index < -0.39 is 11.5 Å². The summed E-state index contributed by atoms with van der Waals surface area (Å²) in [6.07, 6.45) is 3.01. The zero-order valence-electron chi connectivity index (χ0n) is 10.5. The molecule has 1 rings (SSSR count). The van der Waals surface area contributed by atoms with Gasteiger partial charge in [0.1, 0.15) is 6.54 Å². The molecule has 0 fully saturated rings. The van der Waals surface area contributed by atoms with E-state index in [1.807, 2.05) is 0 Å². The van der Waals surface area contributed by atoms with Gasteiger partial charge in [-0.15, -0.1) is 0 Å². The Morgan fingerprint density at radius 3 is 2.41 bits per heavy atom. The molecule has 0 atom stereocenters. The number of nitrogens with zero attached hydrogens (tertiary/aromatic N) is 3. The maximum Gasteiger partial charge on any atom is 0.323 e. The van der Waals surface area contributed by atoms with Crippen molar-refractivity contribution in [1.82, 2.24) is 14.7 Å². The predicted molar refractivity (Wildman–Crippen MR) is 61.6 cm³/mol. The van der Waals surface area contributed by atoms with Crippen molar-refractivity contribution in [1.29, 1.82) is 0 Å². The molecule has 0 spiro atoms. The monoisotopic (exact) mass is 239 g/mol. The lowest BCUT2D eigenvalue weighted by Gasteiger charge is -2.34. The van der Waals surface area contributed by atoms with Crippen LogP contribution in [0, 0.1) is 0 Å². The summed E-state index contributed by atoms with van der Waals surface area (Å²) in [4.78, 5) is 24.2. The molecule has 1 heterocycles. The summed E-state index contributed by atoms with van der Waals surface area (Å²) in [6, 6.07) is 0. The number of carbonyl (C=O) groups excluding carboxylic acids is 1. The lowest BCUT2D eigenvalue weighted by atomic mass is 10.0. The van der Waals surface area contributed by atoms with Gasteiger partial charge in [0.2, 0.25) is 0 Å². The zero-order chi connectivity index (χ0) is 13.2. The number of amides is 1. The SMILES string of the molecule is Cn1cc(C(=O)N(CC(=O)O)C(C)(C)C)cn1. The highest BCUT2D eigenvalue weighted by atomic mass is 16.4. The summed E-state index contributed by atoms with van der Waals surface area (Å²) in [5.74, 6) is -1.36. The largest absolute Gasteiger partial charge is 0.480 e. The molecule has 0 aliphatic rings. The molecule has 0 radical (unpaired) electrons. The Bertz CT molecular complexity index is 431. The van der Waals surface area contributed by atoms with Crippen molar-refractivity contribution in [3.8, 4) is 0 Å². The second-order valence-corrected chi connectivity index (χ2v) is 4.86. The minimum Gasteiger partial charge on any atom is -0.480 e. The van der Waals surface area contributed by atoms with Crippen molar-refractivity contribution in [2.45, 2.75) is 26.3 Å². The summed E-state index contributed by atoms with van der Waals surface area (Å²) < 4.78 is 1.51. The molecule has 0 aliphatic heterocycles. The predicted octanol–water partition coefficient (Wildman–Crippen LogP) is 0.745. The highest BCUT2D eigenvalue weighted by Crippen LogP contribution is 2.16. The van der Waals surface area contributed by atoms with Crippen LogP contribution in [0.15, 0.2) is 12.4 Å². The average Bonchev–Trinajstić information content (AvgIpc) is 2.58. The van der Waals surface area contributed by atoms with Crippen LogP contribution in [0.5, 0.6) is 0 Å². The summed E-state index contributed by atoms with van der Waals surface area (Å²) in [5, 5.41) is 12.7. The molecular formula is C11H17N3O3. The van der Waals surface area contributed by atoms with Crippen molar-refractivity contribution in [2.75, 3.05) is 6.54 Å². The number of carbonyl (C=O) groups is 2. The number of carboxylic acid groups (broad SMARTS) is 1. The van der Waals surface area contributed by atoms with Gasteiger partial charge < -0.3 is 10.0 Å². The number of carboxylic acids is 1. The molecule has 6 heteroatoms. The van der Waals surface area contributed by atoms with Crippen LogP contribution in [0.25, 0.3) is 0 Å². The van der Waals surface area contributed by atoms with Gasteiger partial charge in [0.25, 0.3) is 5.91 Å². The molecule has 0 bridgehead atoms. The van der Waals surface area contributed by atoms with Crippen molar-refractivity contribution in [2.24, 2.45) is 7.05 Å². The molecule has 1 aromatic heterocycles. The summed E-state index contributed by atoms with van der Waals surface area (Å²) in [5.41, 5.74) is -0.158. The number of aromatic nitrogens is 2. The van der Waals surface area contributed by atoms with E-state index in [0.717, 1.165) is 0 Å². The summed E-state index contributed by atoms with van der Waals surface area (Å²) in [7, 11) is 1.70. The standard InChI is InChI=1S/C11H17N3O3/c1-11(2,3)14(7-9(15)16)10(17)8-5-12-13(4)6-8/h5-6H,7H2,1-4H3,(H,15,16). The first-order chi connectivity index (χ1) is 7.71. The van der Waals surface area contributed by atoms with E-state index in [-0.39, 0.29) is 12.5 Å². The highest BCUT2D eigenvalue weighted by Gasteiger charge is 2.29. The Kier molecular flexibility index (Phi) is 3.55. The topological polar surface area (TPSA) is 75.4 Å². The summed E-state index contributed by atoms with van der Waals surface area (Å²) >= 11 is 0. The average molecular weight is 239 g/mol. The van der Waals surface area contributed by atoms with E-state index >= 15 is 0 Å². The Labute approximate surface area is 99.8 Å². The van der Waals surface area contributed by atoms with Gasteiger partial charge in [0, 0.05) is 18.8 Å². The van der Waals surface area contributed by atoms with Crippen LogP contribution < -0.4 is 0 Å². The molecule has 0 aromatic carbocycles. The third-order valence-corrected chi connectivity index (χ3v) is 2.30. The number of aliphatic carboxylic acids is 1. The minimum absolute atomic E-state index is 0.322. The maximum atomic E-state index is 12.1. The lowest BCUT2D eigenvalue weighted by molar-refractivity contribution is -0.138. The van der Waals surface area contributed by atoms with E-state index in [9.17, 15) is 9.59 Å². The summed E-state index contributed by atoms with van der Waals surface area (Å²) in [6.45, 7) is 5.07. The molecular weight excluding hydrogens is 222 g/mol. The number of hydrogen-bond acceptors (Lipinski definition) is 3. The fourth-order valence-electron chi connectivity index (χ4n) is 1.44. The zero-order valence-corrected chi connectivity index (χ0v) is 10.5. The van der Waals surface area contributed by atoms with Gasteiger partial charge in [-0.25, -0.2) is 0 Å². The van der Waals surface area contributed by atoms with E-state index in [1.54, 1.807) is 34.0 Å². The molecule has 1 N–H and O–H groups in total. The fraction of sp³-hybridized carbons (Fsp3) is 0.545. The van der Waals surface area contributed by atoms with E-state index in [4.69, 9.17) is 5.11 Å². The molecule has 0 saturated heterocycles. The van der Waals surface area contributed by atoms with Crippen molar-refractivity contribution in [3.05, 3.63) is 18.0 Å². The fourth-order valence-corrected chi connectivity index (χ4v) is 1.44. The maximum absolute atomic E-state index is 12.1. The first-order valence-electron chi connectivity index (χ1n) is 5.24. The quantitative estimate of drug-likeness (QED) is 0.844. The number of rotatable bonds is 3. The Morgan fingerprint density at radius 2 is 2.06 bits per heavy atom. The molecule has 0 unspecified atom stereocenters. The highest BCUT2D eigenvalue weighted by molar-refractivity contribution is 5.95. The first-order valence-corrected chi connectivity index (χ1v) is 5.24. The van der Waals surface area contributed by atoms with Crippen LogP contribution in [-0.4, -0.2) is 43.7 Å². The third kappa shape index (κ3) is 3.30. The van der Waals surface area contributed by atoms with Crippen molar-refractivity contribution < 1.29 is 14.7 Å². The molecule has 0 saturated carbocycles. The van der Waals surface area contributed by atoms with Crippen LogP contribution >= 0.6 is 0 Å². The van der Waals surface area contributed by atoms with Gasteiger partial charge in [-0.1, -0.05) is 0 Å². The third-order valence-electron chi connectivity index (χ3n) is 2.30. The van der Waals surface area contributed by atoms with Crippen LogP contribution in [0.1, 0.15) is 31.1 Å². The van der Waals surface area contributed by atoms with E-state index in [0.29, 0.717) is 5.56 Å². The second-order valence-electron chi connectivity index (χ2n) is 4.86. The molecule has 6 nitrogen and oxygen atoms in total. The van der Waals surface area contributed by atoms with Crippen LogP contribution in [-0.2, 0) is 11.8 Å². The van der Waals surface area contributed by atoms with Crippen LogP contribution in [0.2, 0.25) is 0 Å². The van der Waals surface area contributed by atoms with Gasteiger partial charge in [0.15, 0.2) is 0 Å². The van der Waals surface area contributed by atoms with Gasteiger partial charge >= 0.3 is 5.97 Å². The molecule has 17 heavy (non-hydrogen) atoms. The Morgan fingerprint density at radius 1 is 1.47 bits per heavy atom. The van der Waals surface area contributed by atoms with Crippen LogP contribution in [0.4, 0.5) is 0 Å². The first kappa shape index (κ1) is 13.2. The van der Waals surface area contributed by atoms with Crippen molar-refractivity contribution in [3.63, 3.8) is 0 Å². The Hall–Kier alpha value is -1.85. The number of aryl methyl sites for hydroxylation is 1. The minimum atomic E-state index is -1.03.